The lowest BCUT2D eigenvalue weighted by Crippen LogP contribution is -2.24. The van der Waals surface area contributed by atoms with Crippen LogP contribution >= 0.6 is 11.8 Å². The van der Waals surface area contributed by atoms with Crippen LogP contribution in [0.4, 0.5) is 24.5 Å². The van der Waals surface area contributed by atoms with Crippen molar-refractivity contribution >= 4 is 46.7 Å². The fraction of sp³-hybridized carbons (Fsp3) is 0.185. The van der Waals surface area contributed by atoms with Crippen molar-refractivity contribution in [2.45, 2.75) is 19.7 Å². The maximum Gasteiger partial charge on any atom is 0.573 e. The van der Waals surface area contributed by atoms with Gasteiger partial charge in [0, 0.05) is 23.5 Å². The minimum atomic E-state index is -4.74. The number of amidine groups is 2. The van der Waals surface area contributed by atoms with E-state index in [0.29, 0.717) is 11.3 Å². The van der Waals surface area contributed by atoms with Crippen molar-refractivity contribution < 1.29 is 17.9 Å². The number of hydrogen-bond donors (Lipinski definition) is 1. The fourth-order valence-electron chi connectivity index (χ4n) is 3.63. The Morgan fingerprint density at radius 1 is 1.05 bits per heavy atom. The second-order valence-electron chi connectivity index (χ2n) is 8.03. The predicted octanol–water partition coefficient (Wildman–Crippen LogP) is 6.16. The number of nitrogens with zero attached hydrogens (tertiary/aromatic N) is 5. The molecule has 0 atom stereocenters. The summed E-state index contributed by atoms with van der Waals surface area (Å²) in [6.45, 7) is 3.04. The van der Waals surface area contributed by atoms with Crippen LogP contribution in [0.5, 0.6) is 5.75 Å². The molecule has 0 unspecified atom stereocenters. The van der Waals surface area contributed by atoms with Gasteiger partial charge in [-0.15, -0.1) is 18.3 Å². The maximum atomic E-state index is 12.2. The average Bonchev–Trinajstić information content (AvgIpc) is 3.37. The fourth-order valence-corrected chi connectivity index (χ4v) is 4.54. The number of alkyl halides is 3. The molecular weight excluding hydrogens is 513 g/mol. The van der Waals surface area contributed by atoms with Gasteiger partial charge < -0.3 is 15.4 Å². The highest BCUT2D eigenvalue weighted by atomic mass is 32.2. The van der Waals surface area contributed by atoms with E-state index in [2.05, 4.69) is 48.9 Å². The van der Waals surface area contributed by atoms with Gasteiger partial charge in [-0.05, 0) is 47.9 Å². The predicted molar refractivity (Wildman–Crippen MR) is 149 cm³/mol. The van der Waals surface area contributed by atoms with Crippen molar-refractivity contribution in [1.29, 1.82) is 0 Å². The molecule has 0 saturated carbocycles. The normalized spacial score (nSPS) is 15.7. The first-order valence-electron chi connectivity index (χ1n) is 11.7. The highest BCUT2D eigenvalue weighted by molar-refractivity contribution is 8.14. The zero-order valence-electron chi connectivity index (χ0n) is 20.5. The van der Waals surface area contributed by atoms with E-state index in [9.17, 15) is 13.2 Å². The molecular formula is C27H25F3N6OS. The average molecular weight is 539 g/mol. The van der Waals surface area contributed by atoms with Gasteiger partial charge in [0.25, 0.3) is 0 Å². The van der Waals surface area contributed by atoms with Gasteiger partial charge in [-0.2, -0.15) is 5.10 Å². The van der Waals surface area contributed by atoms with Gasteiger partial charge in [-0.25, -0.2) is 9.98 Å². The molecule has 2 N–H and O–H groups in total. The number of ether oxygens (including phenoxy) is 1. The highest BCUT2D eigenvalue weighted by Gasteiger charge is 2.31. The summed E-state index contributed by atoms with van der Waals surface area (Å²) in [7, 11) is 0. The number of nitrogens with two attached hydrogens (primary N) is 1. The SMILES string of the molecule is CCc1ccccc1N1CCS/C1=N\N=C\c1ccc(C(N)=NC=Nc2ccc(OC(F)(F)F)cc2)cc1. The van der Waals surface area contributed by atoms with Crippen LogP contribution in [0.2, 0.25) is 0 Å². The topological polar surface area (TPSA) is 87.9 Å². The van der Waals surface area contributed by atoms with Gasteiger partial charge in [0.2, 0.25) is 0 Å². The summed E-state index contributed by atoms with van der Waals surface area (Å²) in [6.07, 6.45) is -0.870. The molecule has 3 aromatic carbocycles. The van der Waals surface area contributed by atoms with Crippen molar-refractivity contribution in [2.75, 3.05) is 17.2 Å². The molecule has 1 aliphatic heterocycles. The lowest BCUT2D eigenvalue weighted by Gasteiger charge is -2.20. The summed E-state index contributed by atoms with van der Waals surface area (Å²) in [6, 6.07) is 20.8. The number of halogens is 3. The Labute approximate surface area is 222 Å². The van der Waals surface area contributed by atoms with E-state index >= 15 is 0 Å². The van der Waals surface area contributed by atoms with Crippen LogP contribution in [-0.2, 0) is 6.42 Å². The Kier molecular flexibility index (Phi) is 8.80. The highest BCUT2D eigenvalue weighted by Crippen LogP contribution is 2.29. The first-order valence-corrected chi connectivity index (χ1v) is 12.7. The first kappa shape index (κ1) is 26.9. The number of para-hydroxylation sites is 1. The molecule has 1 heterocycles. The number of aryl methyl sites for hydroxylation is 1. The summed E-state index contributed by atoms with van der Waals surface area (Å²) in [4.78, 5) is 10.4. The quantitative estimate of drug-likeness (QED) is 0.212. The molecule has 7 nitrogen and oxygen atoms in total. The molecule has 0 radical (unpaired) electrons. The maximum absolute atomic E-state index is 12.2. The van der Waals surface area contributed by atoms with Crippen LogP contribution in [0.3, 0.4) is 0 Å². The Bertz CT molecular complexity index is 1350. The molecule has 0 bridgehead atoms. The first-order chi connectivity index (χ1) is 18.3. The van der Waals surface area contributed by atoms with Crippen molar-refractivity contribution in [3.05, 3.63) is 89.5 Å². The molecule has 0 amide bonds. The molecule has 196 valence electrons. The largest absolute Gasteiger partial charge is 0.573 e. The van der Waals surface area contributed by atoms with E-state index in [1.807, 2.05) is 24.3 Å². The Morgan fingerprint density at radius 3 is 2.50 bits per heavy atom. The van der Waals surface area contributed by atoms with Gasteiger partial charge in [-0.1, -0.05) is 61.2 Å². The number of thioether (sulfide) groups is 1. The van der Waals surface area contributed by atoms with E-state index in [4.69, 9.17) is 5.73 Å². The zero-order valence-corrected chi connectivity index (χ0v) is 21.3. The molecule has 3 aromatic rings. The second-order valence-corrected chi connectivity index (χ2v) is 9.09. The minimum Gasteiger partial charge on any atom is -0.406 e. The summed E-state index contributed by atoms with van der Waals surface area (Å²) < 4.78 is 40.6. The van der Waals surface area contributed by atoms with Crippen LogP contribution in [0.15, 0.2) is 93.0 Å². The second kappa shape index (κ2) is 12.4. The van der Waals surface area contributed by atoms with Crippen molar-refractivity contribution in [1.82, 2.24) is 0 Å². The molecule has 1 saturated heterocycles. The van der Waals surface area contributed by atoms with Crippen LogP contribution in [0, 0.1) is 0 Å². The van der Waals surface area contributed by atoms with Crippen molar-refractivity contribution in [3.63, 3.8) is 0 Å². The summed E-state index contributed by atoms with van der Waals surface area (Å²) in [5.74, 6) is 0.874. The summed E-state index contributed by atoms with van der Waals surface area (Å²) >= 11 is 1.68. The lowest BCUT2D eigenvalue weighted by atomic mass is 10.1. The van der Waals surface area contributed by atoms with Crippen LogP contribution in [0.1, 0.15) is 23.6 Å². The lowest BCUT2D eigenvalue weighted by molar-refractivity contribution is -0.274. The third-order valence-electron chi connectivity index (χ3n) is 5.47. The van der Waals surface area contributed by atoms with Gasteiger partial charge in [0.05, 0.1) is 11.9 Å². The Morgan fingerprint density at radius 2 is 1.79 bits per heavy atom. The number of anilines is 1. The molecule has 1 fully saturated rings. The third-order valence-corrected chi connectivity index (χ3v) is 6.42. The van der Waals surface area contributed by atoms with E-state index in [1.54, 1.807) is 30.1 Å². The van der Waals surface area contributed by atoms with E-state index in [1.165, 1.54) is 41.9 Å². The minimum absolute atomic E-state index is 0.238. The molecule has 38 heavy (non-hydrogen) atoms. The molecule has 0 aliphatic carbocycles. The van der Waals surface area contributed by atoms with Gasteiger partial charge in [0.15, 0.2) is 5.17 Å². The molecule has 1 aliphatic rings. The van der Waals surface area contributed by atoms with Gasteiger partial charge in [-0.3, -0.25) is 0 Å². The third kappa shape index (κ3) is 7.45. The van der Waals surface area contributed by atoms with Crippen molar-refractivity contribution in [3.8, 4) is 5.75 Å². The van der Waals surface area contributed by atoms with E-state index in [0.717, 1.165) is 29.4 Å². The Balaban J connectivity index is 1.36. The summed E-state index contributed by atoms with van der Waals surface area (Å²) in [5, 5.41) is 9.60. The smallest absolute Gasteiger partial charge is 0.406 e. The zero-order chi connectivity index (χ0) is 27.0. The van der Waals surface area contributed by atoms with Crippen molar-refractivity contribution in [2.24, 2.45) is 25.9 Å². The molecule has 4 rings (SSSR count). The van der Waals surface area contributed by atoms with Crippen LogP contribution < -0.4 is 15.4 Å². The number of benzene rings is 3. The molecule has 0 spiro atoms. The monoisotopic (exact) mass is 538 g/mol. The molecule has 0 aromatic heterocycles. The molecule has 11 heteroatoms. The summed E-state index contributed by atoms with van der Waals surface area (Å²) in [5.41, 5.74) is 10.4. The van der Waals surface area contributed by atoms with Gasteiger partial charge in [0.1, 0.15) is 17.9 Å². The standard InChI is InChI=1S/C27H25F3N6OS/c1-2-20-5-3-4-6-24(20)36-15-16-38-26(36)35-34-17-19-7-9-21(10-8-19)25(31)33-18-32-22-11-13-23(14-12-22)37-27(28,29)30/h3-14,17-18H,2,15-16H2,1H3,(H2,31,32,33)/b34-17+,35-26-. The van der Waals surface area contributed by atoms with Gasteiger partial charge >= 0.3 is 6.36 Å². The number of rotatable bonds is 8. The number of aliphatic imine (C=N–C) groups is 2. The Hall–Kier alpha value is -4.12. The van der Waals surface area contributed by atoms with E-state index < -0.39 is 6.36 Å². The van der Waals surface area contributed by atoms with Crippen LogP contribution in [-0.4, -0.2) is 42.2 Å². The van der Waals surface area contributed by atoms with E-state index in [-0.39, 0.29) is 11.6 Å². The van der Waals surface area contributed by atoms with Crippen LogP contribution in [0.25, 0.3) is 0 Å². The number of hydrogen-bond acceptors (Lipinski definition) is 5.